The highest BCUT2D eigenvalue weighted by Crippen LogP contribution is 2.15. The third kappa shape index (κ3) is 47.9. The molecule has 0 aliphatic rings. The quantitative estimate of drug-likeness (QED) is 0.0262. The maximum absolute atomic E-state index is 12.8. The lowest BCUT2D eigenvalue weighted by molar-refractivity contribution is -0.166. The molecule has 62 heavy (non-hydrogen) atoms. The van der Waals surface area contributed by atoms with Crippen LogP contribution in [0.1, 0.15) is 245 Å². The van der Waals surface area contributed by atoms with Gasteiger partial charge in [0.1, 0.15) is 13.2 Å². The maximum atomic E-state index is 12.8. The Morgan fingerprint density at radius 2 is 0.629 bits per heavy atom. The minimum absolute atomic E-state index is 0.0956. The molecule has 0 aliphatic heterocycles. The van der Waals surface area contributed by atoms with Crippen LogP contribution in [0, 0.1) is 0 Å². The average Bonchev–Trinajstić information content (AvgIpc) is 3.27. The van der Waals surface area contributed by atoms with Gasteiger partial charge in [-0.05, 0) is 57.8 Å². The first-order chi connectivity index (χ1) is 30.5. The Kier molecular flexibility index (Phi) is 47.9. The van der Waals surface area contributed by atoms with E-state index in [4.69, 9.17) is 14.2 Å². The molecule has 0 unspecified atom stereocenters. The maximum Gasteiger partial charge on any atom is 0.306 e. The molecule has 0 N–H and O–H groups in total. The van der Waals surface area contributed by atoms with E-state index in [-0.39, 0.29) is 37.5 Å². The predicted molar refractivity (Wildman–Crippen MR) is 265 cm³/mol. The van der Waals surface area contributed by atoms with Gasteiger partial charge in [-0.25, -0.2) is 0 Å². The Morgan fingerprint density at radius 1 is 0.339 bits per heavy atom. The number of ether oxygens (including phenoxy) is 3. The van der Waals surface area contributed by atoms with Crippen LogP contribution in [0.3, 0.4) is 0 Å². The molecule has 0 rings (SSSR count). The highest BCUT2D eigenvalue weighted by atomic mass is 16.6. The van der Waals surface area contributed by atoms with Gasteiger partial charge in [0.25, 0.3) is 0 Å². The predicted octanol–water partition coefficient (Wildman–Crippen LogP) is 17.0. The molecule has 0 aromatic carbocycles. The van der Waals surface area contributed by atoms with Gasteiger partial charge in [-0.3, -0.25) is 14.4 Å². The summed E-state index contributed by atoms with van der Waals surface area (Å²) in [6.45, 7) is 6.45. The fourth-order valence-electron chi connectivity index (χ4n) is 7.12. The van der Waals surface area contributed by atoms with E-state index < -0.39 is 6.10 Å². The van der Waals surface area contributed by atoms with Crippen molar-refractivity contribution in [3.8, 4) is 0 Å². The summed E-state index contributed by atoms with van der Waals surface area (Å²) in [5, 5.41) is 0. The summed E-state index contributed by atoms with van der Waals surface area (Å²) in [7, 11) is 0. The molecule has 0 aromatic heterocycles. The van der Waals surface area contributed by atoms with Crippen LogP contribution in [0.5, 0.6) is 0 Å². The fraction of sp³-hybridized carbons (Fsp3) is 0.732. The second-order valence-electron chi connectivity index (χ2n) is 17.1. The monoisotopic (exact) mass is 865 g/mol. The summed E-state index contributed by atoms with van der Waals surface area (Å²) >= 11 is 0. The Hall–Kier alpha value is -3.15. The van der Waals surface area contributed by atoms with E-state index in [1.807, 2.05) is 6.08 Å². The van der Waals surface area contributed by atoms with Crippen molar-refractivity contribution in [2.75, 3.05) is 13.2 Å². The molecule has 0 amide bonds. The normalized spacial score (nSPS) is 12.6. The summed E-state index contributed by atoms with van der Waals surface area (Å²) in [5.41, 5.74) is 0. The summed E-state index contributed by atoms with van der Waals surface area (Å²) in [5.74, 6) is -0.980. The van der Waals surface area contributed by atoms with Gasteiger partial charge in [-0.2, -0.15) is 0 Å². The molecule has 0 saturated heterocycles. The van der Waals surface area contributed by atoms with E-state index in [2.05, 4.69) is 87.6 Å². The standard InChI is InChI=1S/C56H96O6/c1-4-7-10-13-16-19-22-24-26-27-28-29-31-32-34-37-40-43-46-49-55(58)61-52-53(51-60-54(57)48-45-42-39-36-21-18-15-12-9-6-3)62-56(59)50-47-44-41-38-35-33-30-25-23-20-17-14-11-8-5-2/h7,10,16,19,24,26,28-29,32,34,40,43,53H,4-6,8-9,11-15,17-18,20-23,25,27,30-31,33,35-39,41-42,44-52H2,1-3H3/b10-7-,19-16-,26-24-,29-28-,34-32-,43-40-/t53-/m1/s1. The number of rotatable bonds is 46. The first kappa shape index (κ1) is 58.9. The van der Waals surface area contributed by atoms with E-state index in [0.29, 0.717) is 19.3 Å². The van der Waals surface area contributed by atoms with Crippen molar-refractivity contribution in [1.82, 2.24) is 0 Å². The van der Waals surface area contributed by atoms with Gasteiger partial charge >= 0.3 is 17.9 Å². The van der Waals surface area contributed by atoms with E-state index in [0.717, 1.165) is 77.0 Å². The Bertz CT molecular complexity index is 1180. The zero-order chi connectivity index (χ0) is 45.1. The van der Waals surface area contributed by atoms with Crippen molar-refractivity contribution in [3.05, 3.63) is 72.9 Å². The van der Waals surface area contributed by atoms with Crippen LogP contribution < -0.4 is 0 Å². The van der Waals surface area contributed by atoms with E-state index in [1.165, 1.54) is 122 Å². The number of unbranched alkanes of at least 4 members (excludes halogenated alkanes) is 23. The van der Waals surface area contributed by atoms with Gasteiger partial charge in [0.05, 0.1) is 0 Å². The van der Waals surface area contributed by atoms with Crippen molar-refractivity contribution in [3.63, 3.8) is 0 Å². The molecule has 0 fully saturated rings. The molecule has 0 aromatic rings. The van der Waals surface area contributed by atoms with Crippen LogP contribution in [0.4, 0.5) is 0 Å². The molecule has 0 heterocycles. The molecular weight excluding hydrogens is 769 g/mol. The Morgan fingerprint density at radius 3 is 0.984 bits per heavy atom. The van der Waals surface area contributed by atoms with Gasteiger partial charge in [0, 0.05) is 19.3 Å². The molecule has 1 atom stereocenters. The number of carbonyl (C=O) groups excluding carboxylic acids is 3. The first-order valence-corrected chi connectivity index (χ1v) is 25.9. The lowest BCUT2D eigenvalue weighted by atomic mass is 10.0. The third-order valence-corrected chi connectivity index (χ3v) is 11.0. The molecule has 0 aliphatic carbocycles. The molecule has 6 nitrogen and oxygen atoms in total. The lowest BCUT2D eigenvalue weighted by Gasteiger charge is -2.18. The summed E-state index contributed by atoms with van der Waals surface area (Å²) in [6, 6.07) is 0. The van der Waals surface area contributed by atoms with Crippen molar-refractivity contribution in [2.24, 2.45) is 0 Å². The van der Waals surface area contributed by atoms with E-state index in [1.54, 1.807) is 0 Å². The summed E-state index contributed by atoms with van der Waals surface area (Å²) in [6.07, 6.45) is 63.3. The molecule has 0 radical (unpaired) electrons. The lowest BCUT2D eigenvalue weighted by Crippen LogP contribution is -2.30. The Balaban J connectivity index is 4.45. The van der Waals surface area contributed by atoms with Crippen molar-refractivity contribution in [1.29, 1.82) is 0 Å². The van der Waals surface area contributed by atoms with Gasteiger partial charge in [-0.1, -0.05) is 241 Å². The van der Waals surface area contributed by atoms with Gasteiger partial charge in [0.15, 0.2) is 6.10 Å². The van der Waals surface area contributed by atoms with Crippen LogP contribution in [0.2, 0.25) is 0 Å². The van der Waals surface area contributed by atoms with Crippen LogP contribution in [0.25, 0.3) is 0 Å². The molecule has 0 spiro atoms. The van der Waals surface area contributed by atoms with E-state index in [9.17, 15) is 14.4 Å². The first-order valence-electron chi connectivity index (χ1n) is 25.9. The second kappa shape index (κ2) is 50.5. The molecular formula is C56H96O6. The van der Waals surface area contributed by atoms with Crippen LogP contribution in [-0.2, 0) is 28.6 Å². The van der Waals surface area contributed by atoms with Crippen molar-refractivity contribution < 1.29 is 28.6 Å². The zero-order valence-electron chi connectivity index (χ0n) is 40.6. The highest BCUT2D eigenvalue weighted by Gasteiger charge is 2.19. The largest absolute Gasteiger partial charge is 0.462 e. The van der Waals surface area contributed by atoms with Gasteiger partial charge < -0.3 is 14.2 Å². The third-order valence-electron chi connectivity index (χ3n) is 11.0. The highest BCUT2D eigenvalue weighted by molar-refractivity contribution is 5.71. The second-order valence-corrected chi connectivity index (χ2v) is 17.1. The van der Waals surface area contributed by atoms with Gasteiger partial charge in [0.2, 0.25) is 0 Å². The SMILES string of the molecule is CC/C=C\C/C=C\C/C=C\C/C=C\C/C=C\C/C=C\CCC(=O)OC[C@@H](COC(=O)CCCCCCCCCCCC)OC(=O)CCCCCCCCCCCCCCCCC. The minimum atomic E-state index is -0.801. The number of esters is 3. The average molecular weight is 865 g/mol. The zero-order valence-corrected chi connectivity index (χ0v) is 40.6. The van der Waals surface area contributed by atoms with Gasteiger partial charge in [-0.15, -0.1) is 0 Å². The molecule has 356 valence electrons. The van der Waals surface area contributed by atoms with Crippen molar-refractivity contribution in [2.45, 2.75) is 252 Å². The number of hydrogen-bond donors (Lipinski definition) is 0. The topological polar surface area (TPSA) is 78.9 Å². The number of carbonyl (C=O) groups is 3. The number of allylic oxidation sites excluding steroid dienone is 12. The fourth-order valence-corrected chi connectivity index (χ4v) is 7.12. The van der Waals surface area contributed by atoms with E-state index >= 15 is 0 Å². The van der Waals surface area contributed by atoms with Crippen LogP contribution in [-0.4, -0.2) is 37.2 Å². The summed E-state index contributed by atoms with van der Waals surface area (Å²) in [4.78, 5) is 37.9. The smallest absolute Gasteiger partial charge is 0.306 e. The molecule has 0 saturated carbocycles. The molecule has 6 heteroatoms. The number of hydrogen-bond acceptors (Lipinski definition) is 6. The summed E-state index contributed by atoms with van der Waals surface area (Å²) < 4.78 is 16.7. The van der Waals surface area contributed by atoms with Crippen molar-refractivity contribution >= 4 is 17.9 Å². The minimum Gasteiger partial charge on any atom is -0.462 e. The van der Waals surface area contributed by atoms with Crippen LogP contribution in [0.15, 0.2) is 72.9 Å². The van der Waals surface area contributed by atoms with Crippen LogP contribution >= 0.6 is 0 Å². The Labute approximate surface area is 382 Å². The molecule has 0 bridgehead atoms.